The molecule has 4 aromatic rings. The maximum Gasteiger partial charge on any atom is 0.231 e. The Kier molecular flexibility index (Phi) is 2.53. The highest BCUT2D eigenvalue weighted by Crippen LogP contribution is 2.36. The number of hydrogen-bond donors (Lipinski definition) is 2. The summed E-state index contributed by atoms with van der Waals surface area (Å²) in [5.74, 6) is 0. The number of anilines is 1. The topological polar surface area (TPSA) is 45.7 Å². The fourth-order valence-corrected chi connectivity index (χ4v) is 4.08. The number of aromatic amines is 1. The first-order chi connectivity index (χ1) is 11.2. The molecule has 0 unspecified atom stereocenters. The van der Waals surface area contributed by atoms with E-state index in [9.17, 15) is 0 Å². The SMILES string of the molecule is Nc1cc2[n+](c3cccc(Cl)c13)CCc1c-2[nH]c2ccccc12. The molecular formula is C19H15ClN3+. The van der Waals surface area contributed by atoms with Gasteiger partial charge in [-0.15, -0.1) is 0 Å². The van der Waals surface area contributed by atoms with Gasteiger partial charge in [0, 0.05) is 29.5 Å². The van der Waals surface area contributed by atoms with Gasteiger partial charge in [0.05, 0.1) is 16.1 Å². The third-order valence-corrected chi connectivity index (χ3v) is 5.12. The molecule has 5 rings (SSSR count). The van der Waals surface area contributed by atoms with Gasteiger partial charge in [0.15, 0.2) is 6.54 Å². The van der Waals surface area contributed by atoms with Crippen molar-refractivity contribution in [3.8, 4) is 11.4 Å². The zero-order valence-electron chi connectivity index (χ0n) is 12.4. The average molecular weight is 321 g/mol. The quantitative estimate of drug-likeness (QED) is 0.471. The number of rotatable bonds is 0. The summed E-state index contributed by atoms with van der Waals surface area (Å²) in [5.41, 5.74) is 13.0. The molecule has 112 valence electrons. The first-order valence-electron chi connectivity index (χ1n) is 7.74. The first kappa shape index (κ1) is 13.0. The van der Waals surface area contributed by atoms with Crippen molar-refractivity contribution in [2.45, 2.75) is 13.0 Å². The van der Waals surface area contributed by atoms with Crippen molar-refractivity contribution in [2.24, 2.45) is 0 Å². The second kappa shape index (κ2) is 4.49. The van der Waals surface area contributed by atoms with Gasteiger partial charge in [-0.05, 0) is 17.7 Å². The van der Waals surface area contributed by atoms with Gasteiger partial charge in [0.1, 0.15) is 5.69 Å². The zero-order valence-corrected chi connectivity index (χ0v) is 13.2. The monoisotopic (exact) mass is 320 g/mol. The Balaban J connectivity index is 1.91. The van der Waals surface area contributed by atoms with Crippen molar-refractivity contribution in [2.75, 3.05) is 5.73 Å². The van der Waals surface area contributed by atoms with Crippen LogP contribution in [-0.4, -0.2) is 4.98 Å². The average Bonchev–Trinajstić information content (AvgIpc) is 2.94. The van der Waals surface area contributed by atoms with Crippen LogP contribution in [0.1, 0.15) is 5.56 Å². The van der Waals surface area contributed by atoms with E-state index in [1.54, 1.807) is 0 Å². The molecule has 0 radical (unpaired) electrons. The summed E-state index contributed by atoms with van der Waals surface area (Å²) in [6.45, 7) is 0.932. The lowest BCUT2D eigenvalue weighted by atomic mass is 10.00. The molecule has 3 N–H and O–H groups in total. The number of halogens is 1. The van der Waals surface area contributed by atoms with Crippen LogP contribution in [-0.2, 0) is 13.0 Å². The van der Waals surface area contributed by atoms with Crippen LogP contribution in [0.25, 0.3) is 33.2 Å². The summed E-state index contributed by atoms with van der Waals surface area (Å²) in [6.07, 6.45) is 1.00. The fourth-order valence-electron chi connectivity index (χ4n) is 3.80. The number of H-pyrrole nitrogens is 1. The molecule has 0 fully saturated rings. The second-order valence-corrected chi connectivity index (χ2v) is 6.45. The molecule has 2 aromatic carbocycles. The molecule has 1 aliphatic rings. The Labute approximate surface area is 138 Å². The van der Waals surface area contributed by atoms with E-state index in [2.05, 4.69) is 39.9 Å². The molecule has 3 nitrogen and oxygen atoms in total. The maximum atomic E-state index is 6.37. The van der Waals surface area contributed by atoms with Crippen LogP contribution in [0.5, 0.6) is 0 Å². The molecule has 0 aliphatic carbocycles. The molecule has 0 atom stereocenters. The van der Waals surface area contributed by atoms with Crippen LogP contribution >= 0.6 is 11.6 Å². The Morgan fingerprint density at radius 1 is 1.09 bits per heavy atom. The number of pyridine rings is 1. The molecule has 2 aromatic heterocycles. The van der Waals surface area contributed by atoms with Crippen molar-refractivity contribution in [1.82, 2.24) is 4.98 Å². The van der Waals surface area contributed by atoms with E-state index in [0.29, 0.717) is 5.02 Å². The molecule has 4 heteroatoms. The largest absolute Gasteiger partial charge is 0.398 e. The van der Waals surface area contributed by atoms with Crippen LogP contribution < -0.4 is 10.3 Å². The normalized spacial score (nSPS) is 13.3. The predicted octanol–water partition coefficient (Wildman–Crippen LogP) is 4.07. The Morgan fingerprint density at radius 3 is 2.87 bits per heavy atom. The van der Waals surface area contributed by atoms with Crippen molar-refractivity contribution in [1.29, 1.82) is 0 Å². The van der Waals surface area contributed by atoms with E-state index >= 15 is 0 Å². The Morgan fingerprint density at radius 2 is 1.96 bits per heavy atom. The minimum Gasteiger partial charge on any atom is -0.398 e. The van der Waals surface area contributed by atoms with Crippen molar-refractivity contribution in [3.63, 3.8) is 0 Å². The molecule has 0 bridgehead atoms. The van der Waals surface area contributed by atoms with Gasteiger partial charge >= 0.3 is 0 Å². The number of aryl methyl sites for hydroxylation is 2. The molecule has 23 heavy (non-hydrogen) atoms. The lowest BCUT2D eigenvalue weighted by Gasteiger charge is -2.15. The highest BCUT2D eigenvalue weighted by Gasteiger charge is 2.29. The van der Waals surface area contributed by atoms with Crippen molar-refractivity contribution in [3.05, 3.63) is 59.1 Å². The van der Waals surface area contributed by atoms with Gasteiger partial charge in [-0.3, -0.25) is 0 Å². The predicted molar refractivity (Wildman–Crippen MR) is 94.6 cm³/mol. The molecule has 0 amide bonds. The van der Waals surface area contributed by atoms with Crippen molar-refractivity contribution >= 4 is 39.1 Å². The standard InChI is InChI=1S/C19H14ClN3/c20-13-5-3-7-16-18(13)14(21)10-17-19-12(8-9-23(16)17)11-4-1-2-6-15(11)22-19/h1-7,10H,8-9H2,(H2,21,22)/p+1. The van der Waals surface area contributed by atoms with Crippen LogP contribution in [0.2, 0.25) is 5.02 Å². The third kappa shape index (κ3) is 1.68. The molecule has 1 aliphatic heterocycles. The number of nitrogens with two attached hydrogens (primary N) is 1. The number of hydrogen-bond acceptors (Lipinski definition) is 1. The zero-order chi connectivity index (χ0) is 15.6. The van der Waals surface area contributed by atoms with E-state index in [4.69, 9.17) is 17.3 Å². The second-order valence-electron chi connectivity index (χ2n) is 6.04. The first-order valence-corrected chi connectivity index (χ1v) is 8.12. The number of benzene rings is 2. The van der Waals surface area contributed by atoms with Gasteiger partial charge in [-0.2, -0.15) is 4.57 Å². The summed E-state index contributed by atoms with van der Waals surface area (Å²) in [7, 11) is 0. The highest BCUT2D eigenvalue weighted by atomic mass is 35.5. The number of fused-ring (bicyclic) bond motifs is 7. The van der Waals surface area contributed by atoms with Gasteiger partial charge in [0.25, 0.3) is 0 Å². The van der Waals surface area contributed by atoms with Gasteiger partial charge in [0.2, 0.25) is 11.2 Å². The maximum absolute atomic E-state index is 6.37. The summed E-state index contributed by atoms with van der Waals surface area (Å²) >= 11 is 6.37. The van der Waals surface area contributed by atoms with Crippen LogP contribution in [0.15, 0.2) is 48.5 Å². The molecule has 0 saturated heterocycles. The minimum atomic E-state index is 0.706. The van der Waals surface area contributed by atoms with E-state index in [1.165, 1.54) is 22.2 Å². The number of nitrogen functional groups attached to an aromatic ring is 1. The van der Waals surface area contributed by atoms with Crippen LogP contribution in [0.4, 0.5) is 5.69 Å². The van der Waals surface area contributed by atoms with Crippen LogP contribution in [0.3, 0.4) is 0 Å². The van der Waals surface area contributed by atoms with E-state index in [1.807, 2.05) is 18.2 Å². The summed E-state index contributed by atoms with van der Waals surface area (Å²) in [6, 6.07) is 16.5. The summed E-state index contributed by atoms with van der Waals surface area (Å²) in [4.78, 5) is 3.57. The van der Waals surface area contributed by atoms with E-state index < -0.39 is 0 Å². The van der Waals surface area contributed by atoms with Gasteiger partial charge in [-0.1, -0.05) is 35.9 Å². The number of nitrogens with one attached hydrogen (secondary N) is 1. The lowest BCUT2D eigenvalue weighted by Crippen LogP contribution is -2.41. The lowest BCUT2D eigenvalue weighted by molar-refractivity contribution is -0.661. The fraction of sp³-hybridized carbons (Fsp3) is 0.105. The summed E-state index contributed by atoms with van der Waals surface area (Å²) < 4.78 is 2.31. The third-order valence-electron chi connectivity index (χ3n) is 4.81. The number of para-hydroxylation sites is 1. The molecular weight excluding hydrogens is 306 g/mol. The Hall–Kier alpha value is -2.52. The van der Waals surface area contributed by atoms with Crippen molar-refractivity contribution < 1.29 is 4.57 Å². The molecule has 3 heterocycles. The number of aromatic nitrogens is 2. The van der Waals surface area contributed by atoms with Gasteiger partial charge < -0.3 is 10.7 Å². The summed E-state index contributed by atoms with van der Waals surface area (Å²) in [5, 5.41) is 2.95. The number of nitrogens with zero attached hydrogens (tertiary/aromatic N) is 1. The Bertz CT molecular complexity index is 1090. The molecule has 0 saturated carbocycles. The smallest absolute Gasteiger partial charge is 0.231 e. The van der Waals surface area contributed by atoms with Gasteiger partial charge in [-0.25, -0.2) is 0 Å². The van der Waals surface area contributed by atoms with E-state index in [-0.39, 0.29) is 0 Å². The minimum absolute atomic E-state index is 0.706. The highest BCUT2D eigenvalue weighted by molar-refractivity contribution is 6.36. The van der Waals surface area contributed by atoms with Crippen LogP contribution in [0, 0.1) is 0 Å². The van der Waals surface area contributed by atoms with E-state index in [0.717, 1.165) is 35.2 Å². The molecule has 0 spiro atoms.